The van der Waals surface area contributed by atoms with Gasteiger partial charge < -0.3 is 10.5 Å². The molecule has 1 aromatic carbocycles. The zero-order chi connectivity index (χ0) is 13.4. The van der Waals surface area contributed by atoms with Crippen molar-refractivity contribution in [2.45, 2.75) is 45.6 Å². The highest BCUT2D eigenvalue weighted by molar-refractivity contribution is 5.98. The van der Waals surface area contributed by atoms with Crippen LogP contribution in [0.4, 0.5) is 0 Å². The van der Waals surface area contributed by atoms with Gasteiger partial charge in [0.1, 0.15) is 5.75 Å². The summed E-state index contributed by atoms with van der Waals surface area (Å²) in [4.78, 5) is 12.1. The second kappa shape index (κ2) is 7.88. The van der Waals surface area contributed by atoms with E-state index >= 15 is 0 Å². The van der Waals surface area contributed by atoms with Crippen LogP contribution in [0.5, 0.6) is 5.75 Å². The summed E-state index contributed by atoms with van der Waals surface area (Å²) in [7, 11) is 0. The summed E-state index contributed by atoms with van der Waals surface area (Å²) < 4.78 is 5.65. The third-order valence-electron chi connectivity index (χ3n) is 2.66. The molecule has 0 saturated heterocycles. The van der Waals surface area contributed by atoms with E-state index in [9.17, 15) is 4.79 Å². The fourth-order valence-corrected chi connectivity index (χ4v) is 1.80. The van der Waals surface area contributed by atoms with E-state index in [-0.39, 0.29) is 11.9 Å². The van der Waals surface area contributed by atoms with Crippen LogP contribution in [0, 0.1) is 0 Å². The molecule has 0 radical (unpaired) electrons. The van der Waals surface area contributed by atoms with Gasteiger partial charge in [-0.15, -0.1) is 0 Å². The molecule has 0 fully saturated rings. The van der Waals surface area contributed by atoms with Gasteiger partial charge in [0.15, 0.2) is 5.78 Å². The first-order valence-electron chi connectivity index (χ1n) is 6.64. The second-order valence-corrected chi connectivity index (χ2v) is 4.69. The first kappa shape index (κ1) is 14.7. The first-order valence-corrected chi connectivity index (χ1v) is 6.64. The lowest BCUT2D eigenvalue weighted by Crippen LogP contribution is -2.10. The molecule has 3 nitrogen and oxygen atoms in total. The van der Waals surface area contributed by atoms with Crippen molar-refractivity contribution in [1.29, 1.82) is 0 Å². The number of nitrogens with two attached hydrogens (primary N) is 1. The highest BCUT2D eigenvalue weighted by Crippen LogP contribution is 2.21. The van der Waals surface area contributed by atoms with Crippen LogP contribution in [0.25, 0.3) is 0 Å². The molecule has 0 heterocycles. The van der Waals surface area contributed by atoms with Crippen LogP contribution in [-0.2, 0) is 0 Å². The number of ketones is 1. The summed E-state index contributed by atoms with van der Waals surface area (Å²) in [6.07, 6.45) is 3.54. The SMILES string of the molecule is CC(C)Oc1ccccc1C(=O)CCCCCN. The van der Waals surface area contributed by atoms with Crippen molar-refractivity contribution < 1.29 is 9.53 Å². The minimum Gasteiger partial charge on any atom is -0.490 e. The third-order valence-corrected chi connectivity index (χ3v) is 2.66. The molecule has 0 aliphatic heterocycles. The molecular formula is C15H23NO2. The first-order chi connectivity index (χ1) is 8.65. The maximum atomic E-state index is 12.1. The van der Waals surface area contributed by atoms with E-state index in [1.807, 2.05) is 38.1 Å². The van der Waals surface area contributed by atoms with Crippen LogP contribution in [0.15, 0.2) is 24.3 Å². The minimum atomic E-state index is 0.0798. The Hall–Kier alpha value is -1.35. The molecule has 0 saturated carbocycles. The van der Waals surface area contributed by atoms with Crippen molar-refractivity contribution in [2.24, 2.45) is 5.73 Å². The number of ether oxygens (including phenoxy) is 1. The van der Waals surface area contributed by atoms with Gasteiger partial charge >= 0.3 is 0 Å². The van der Waals surface area contributed by atoms with Crippen molar-refractivity contribution in [1.82, 2.24) is 0 Å². The summed E-state index contributed by atoms with van der Waals surface area (Å²) in [6, 6.07) is 7.46. The maximum Gasteiger partial charge on any atom is 0.166 e. The molecule has 0 atom stereocenters. The zero-order valence-electron chi connectivity index (χ0n) is 11.3. The van der Waals surface area contributed by atoms with Crippen molar-refractivity contribution in [3.05, 3.63) is 29.8 Å². The average Bonchev–Trinajstić information content (AvgIpc) is 2.34. The fourth-order valence-electron chi connectivity index (χ4n) is 1.80. The van der Waals surface area contributed by atoms with Crippen LogP contribution in [0.3, 0.4) is 0 Å². The summed E-state index contributed by atoms with van der Waals surface area (Å²) in [6.45, 7) is 4.62. The summed E-state index contributed by atoms with van der Waals surface area (Å²) in [5, 5.41) is 0. The number of rotatable bonds is 8. The van der Waals surface area contributed by atoms with Crippen LogP contribution in [0.1, 0.15) is 49.9 Å². The summed E-state index contributed by atoms with van der Waals surface area (Å²) >= 11 is 0. The van der Waals surface area contributed by atoms with Crippen LogP contribution in [-0.4, -0.2) is 18.4 Å². The minimum absolute atomic E-state index is 0.0798. The molecule has 0 aliphatic rings. The lowest BCUT2D eigenvalue weighted by Gasteiger charge is -2.13. The van der Waals surface area contributed by atoms with Gasteiger partial charge in [0, 0.05) is 6.42 Å². The molecule has 0 unspecified atom stereocenters. The average molecular weight is 249 g/mol. The van der Waals surface area contributed by atoms with Gasteiger partial charge in [-0.3, -0.25) is 4.79 Å². The number of carbonyl (C=O) groups is 1. The number of para-hydroxylation sites is 1. The molecular weight excluding hydrogens is 226 g/mol. The van der Waals surface area contributed by atoms with E-state index in [2.05, 4.69) is 0 Å². The molecule has 0 amide bonds. The van der Waals surface area contributed by atoms with Crippen molar-refractivity contribution >= 4 is 5.78 Å². The van der Waals surface area contributed by atoms with Crippen LogP contribution >= 0.6 is 0 Å². The molecule has 0 aromatic heterocycles. The van der Waals surface area contributed by atoms with E-state index in [0.29, 0.717) is 24.3 Å². The Labute approximate surface area is 109 Å². The molecule has 2 N–H and O–H groups in total. The summed E-state index contributed by atoms with van der Waals surface area (Å²) in [5.41, 5.74) is 6.12. The molecule has 1 aromatic rings. The Bertz CT molecular complexity index is 375. The van der Waals surface area contributed by atoms with Gasteiger partial charge in [-0.2, -0.15) is 0 Å². The lowest BCUT2D eigenvalue weighted by atomic mass is 10.0. The predicted octanol–water partition coefficient (Wildman–Crippen LogP) is 3.18. The van der Waals surface area contributed by atoms with Gasteiger partial charge in [0.2, 0.25) is 0 Å². The van der Waals surface area contributed by atoms with Crippen molar-refractivity contribution in [3.63, 3.8) is 0 Å². The monoisotopic (exact) mass is 249 g/mol. The smallest absolute Gasteiger partial charge is 0.166 e. The van der Waals surface area contributed by atoms with Gasteiger partial charge in [-0.05, 0) is 45.4 Å². The van der Waals surface area contributed by atoms with E-state index < -0.39 is 0 Å². The number of Topliss-reactive ketones (excluding diaryl/α,β-unsaturated/α-hetero) is 1. The lowest BCUT2D eigenvalue weighted by molar-refractivity contribution is 0.0973. The normalized spacial score (nSPS) is 10.7. The van der Waals surface area contributed by atoms with E-state index in [4.69, 9.17) is 10.5 Å². The predicted molar refractivity (Wildman–Crippen MR) is 74.1 cm³/mol. The Balaban J connectivity index is 2.61. The van der Waals surface area contributed by atoms with Crippen LogP contribution < -0.4 is 10.5 Å². The number of benzene rings is 1. The molecule has 18 heavy (non-hydrogen) atoms. The second-order valence-electron chi connectivity index (χ2n) is 4.69. The van der Waals surface area contributed by atoms with Gasteiger partial charge in [0.05, 0.1) is 11.7 Å². The Morgan fingerprint density at radius 2 is 1.94 bits per heavy atom. The van der Waals surface area contributed by atoms with Crippen LogP contribution in [0.2, 0.25) is 0 Å². The van der Waals surface area contributed by atoms with Gasteiger partial charge in [-0.25, -0.2) is 0 Å². The standard InChI is InChI=1S/C15H23NO2/c1-12(2)18-15-10-6-5-8-13(15)14(17)9-4-3-7-11-16/h5-6,8,10,12H,3-4,7,9,11,16H2,1-2H3. The highest BCUT2D eigenvalue weighted by Gasteiger charge is 2.12. The maximum absolute atomic E-state index is 12.1. The number of hydrogen-bond donors (Lipinski definition) is 1. The highest BCUT2D eigenvalue weighted by atomic mass is 16.5. The molecule has 0 bridgehead atoms. The largest absolute Gasteiger partial charge is 0.490 e. The molecule has 3 heteroatoms. The van der Waals surface area contributed by atoms with Gasteiger partial charge in [-0.1, -0.05) is 18.6 Å². The topological polar surface area (TPSA) is 52.3 Å². The fraction of sp³-hybridized carbons (Fsp3) is 0.533. The van der Waals surface area contributed by atoms with E-state index in [1.54, 1.807) is 0 Å². The number of carbonyl (C=O) groups excluding carboxylic acids is 1. The molecule has 1 rings (SSSR count). The van der Waals surface area contributed by atoms with Crippen molar-refractivity contribution in [2.75, 3.05) is 6.54 Å². The zero-order valence-corrected chi connectivity index (χ0v) is 11.3. The summed E-state index contributed by atoms with van der Waals surface area (Å²) in [5.74, 6) is 0.847. The molecule has 100 valence electrons. The number of hydrogen-bond acceptors (Lipinski definition) is 3. The van der Waals surface area contributed by atoms with E-state index in [0.717, 1.165) is 19.3 Å². The quantitative estimate of drug-likeness (QED) is 0.568. The van der Waals surface area contributed by atoms with Crippen molar-refractivity contribution in [3.8, 4) is 5.75 Å². The Morgan fingerprint density at radius 3 is 2.61 bits per heavy atom. The molecule has 0 aliphatic carbocycles. The van der Waals surface area contributed by atoms with E-state index in [1.165, 1.54) is 0 Å². The Morgan fingerprint density at radius 1 is 1.22 bits per heavy atom. The third kappa shape index (κ3) is 4.88. The molecule has 0 spiro atoms. The van der Waals surface area contributed by atoms with Gasteiger partial charge in [0.25, 0.3) is 0 Å². The number of unbranched alkanes of at least 4 members (excludes halogenated alkanes) is 2. The Kier molecular flexibility index (Phi) is 6.44.